The van der Waals surface area contributed by atoms with Crippen LogP contribution in [-0.2, 0) is 4.79 Å². The monoisotopic (exact) mass is 383 g/mol. The Morgan fingerprint density at radius 3 is 3.09 bits per heavy atom. The lowest BCUT2D eigenvalue weighted by atomic mass is 10.2. The summed E-state index contributed by atoms with van der Waals surface area (Å²) in [5, 5.41) is 6.62. The number of benzene rings is 1. The number of amides is 1. The molecule has 0 bridgehead atoms. The molecule has 6 heteroatoms. The highest BCUT2D eigenvalue weighted by atomic mass is 79.9. The molecule has 0 aromatic heterocycles. The van der Waals surface area contributed by atoms with Crippen LogP contribution in [0.15, 0.2) is 28.7 Å². The lowest BCUT2D eigenvalue weighted by Gasteiger charge is -2.24. The van der Waals surface area contributed by atoms with Crippen LogP contribution in [0.25, 0.3) is 0 Å². The van der Waals surface area contributed by atoms with E-state index < -0.39 is 0 Å². The van der Waals surface area contributed by atoms with Crippen LogP contribution in [-0.4, -0.2) is 49.1 Å². The summed E-state index contributed by atoms with van der Waals surface area (Å²) in [7, 11) is 0. The fourth-order valence-electron chi connectivity index (χ4n) is 3.07. The van der Waals surface area contributed by atoms with Crippen molar-refractivity contribution in [2.24, 2.45) is 0 Å². The SMILES string of the molecule is O=C(CC1CSCCN1)NC1CCN(c2ccccc2Br)C1. The molecule has 1 aromatic carbocycles. The standard InChI is InChI=1S/C16H22BrN3OS/c17-14-3-1-2-4-15(14)20-7-5-12(10-20)19-16(21)9-13-11-22-8-6-18-13/h1-4,12-13,18H,5-11H2,(H,19,21). The van der Waals surface area contributed by atoms with Crippen LogP contribution >= 0.6 is 27.7 Å². The maximum Gasteiger partial charge on any atom is 0.221 e. The molecule has 2 fully saturated rings. The first-order valence-electron chi connectivity index (χ1n) is 7.82. The van der Waals surface area contributed by atoms with Crippen LogP contribution in [0.2, 0.25) is 0 Å². The van der Waals surface area contributed by atoms with Gasteiger partial charge in [0.25, 0.3) is 0 Å². The second-order valence-corrected chi connectivity index (χ2v) is 7.88. The number of hydrogen-bond acceptors (Lipinski definition) is 4. The average Bonchev–Trinajstić information content (AvgIpc) is 2.97. The number of para-hydroxylation sites is 1. The highest BCUT2D eigenvalue weighted by Gasteiger charge is 2.26. The lowest BCUT2D eigenvalue weighted by Crippen LogP contribution is -2.44. The predicted molar refractivity (Wildman–Crippen MR) is 96.6 cm³/mol. The smallest absolute Gasteiger partial charge is 0.221 e. The second-order valence-electron chi connectivity index (χ2n) is 5.88. The number of anilines is 1. The minimum atomic E-state index is 0.180. The van der Waals surface area contributed by atoms with Gasteiger partial charge in [-0.1, -0.05) is 12.1 Å². The minimum Gasteiger partial charge on any atom is -0.368 e. The van der Waals surface area contributed by atoms with Gasteiger partial charge in [-0.25, -0.2) is 0 Å². The molecule has 2 unspecified atom stereocenters. The van der Waals surface area contributed by atoms with Crippen LogP contribution in [0.5, 0.6) is 0 Å². The van der Waals surface area contributed by atoms with Gasteiger partial charge in [0, 0.05) is 54.1 Å². The van der Waals surface area contributed by atoms with Crippen molar-refractivity contribution in [2.45, 2.75) is 24.9 Å². The van der Waals surface area contributed by atoms with E-state index in [0.29, 0.717) is 12.5 Å². The number of carbonyl (C=O) groups excluding carboxylic acids is 1. The van der Waals surface area contributed by atoms with Crippen molar-refractivity contribution in [1.82, 2.24) is 10.6 Å². The van der Waals surface area contributed by atoms with Gasteiger partial charge in [0.1, 0.15) is 0 Å². The zero-order valence-electron chi connectivity index (χ0n) is 12.6. The molecular formula is C16H22BrN3OS. The van der Waals surface area contributed by atoms with E-state index in [4.69, 9.17) is 0 Å². The van der Waals surface area contributed by atoms with Gasteiger partial charge < -0.3 is 15.5 Å². The zero-order chi connectivity index (χ0) is 15.4. The highest BCUT2D eigenvalue weighted by molar-refractivity contribution is 9.10. The quantitative estimate of drug-likeness (QED) is 0.836. The van der Waals surface area contributed by atoms with E-state index in [-0.39, 0.29) is 11.9 Å². The van der Waals surface area contributed by atoms with Crippen LogP contribution < -0.4 is 15.5 Å². The third-order valence-electron chi connectivity index (χ3n) is 4.18. The second kappa shape index (κ2) is 7.70. The number of hydrogen-bond donors (Lipinski definition) is 2. The molecule has 1 amide bonds. The number of rotatable bonds is 4. The van der Waals surface area contributed by atoms with Crippen molar-refractivity contribution in [1.29, 1.82) is 0 Å². The Kier molecular flexibility index (Phi) is 5.66. The largest absolute Gasteiger partial charge is 0.368 e. The number of nitrogens with one attached hydrogen (secondary N) is 2. The lowest BCUT2D eigenvalue weighted by molar-refractivity contribution is -0.122. The van der Waals surface area contributed by atoms with Gasteiger partial charge in [-0.05, 0) is 34.5 Å². The van der Waals surface area contributed by atoms with E-state index in [1.165, 1.54) is 5.69 Å². The molecule has 1 aromatic rings. The predicted octanol–water partition coefficient (Wildman–Crippen LogP) is 2.24. The van der Waals surface area contributed by atoms with Crippen molar-refractivity contribution >= 4 is 39.3 Å². The van der Waals surface area contributed by atoms with E-state index >= 15 is 0 Å². The molecule has 0 radical (unpaired) electrons. The Balaban J connectivity index is 1.48. The Labute approximate surface area is 144 Å². The molecule has 2 aliphatic heterocycles. The van der Waals surface area contributed by atoms with Crippen LogP contribution in [0.4, 0.5) is 5.69 Å². The Morgan fingerprint density at radius 2 is 2.32 bits per heavy atom. The first-order chi connectivity index (χ1) is 10.7. The number of thioether (sulfide) groups is 1. The molecule has 2 atom stereocenters. The first-order valence-corrected chi connectivity index (χ1v) is 9.77. The summed E-state index contributed by atoms with van der Waals surface area (Å²) in [6, 6.07) is 8.86. The Morgan fingerprint density at radius 1 is 1.45 bits per heavy atom. The summed E-state index contributed by atoms with van der Waals surface area (Å²) >= 11 is 5.53. The van der Waals surface area contributed by atoms with Crippen molar-refractivity contribution in [3.8, 4) is 0 Å². The summed E-state index contributed by atoms with van der Waals surface area (Å²) in [5.74, 6) is 2.38. The topological polar surface area (TPSA) is 44.4 Å². The molecule has 120 valence electrons. The van der Waals surface area contributed by atoms with Crippen molar-refractivity contribution < 1.29 is 4.79 Å². The van der Waals surface area contributed by atoms with Gasteiger partial charge >= 0.3 is 0 Å². The maximum absolute atomic E-state index is 12.2. The molecule has 2 heterocycles. The maximum atomic E-state index is 12.2. The van der Waals surface area contributed by atoms with Crippen molar-refractivity contribution in [2.75, 3.05) is 36.0 Å². The molecule has 2 aliphatic rings. The van der Waals surface area contributed by atoms with Gasteiger partial charge in [0.2, 0.25) is 5.91 Å². The third kappa shape index (κ3) is 4.18. The van der Waals surface area contributed by atoms with E-state index in [1.54, 1.807) is 0 Å². The minimum absolute atomic E-state index is 0.180. The fraction of sp³-hybridized carbons (Fsp3) is 0.562. The molecule has 2 N–H and O–H groups in total. The summed E-state index contributed by atoms with van der Waals surface area (Å²) in [6.45, 7) is 2.90. The van der Waals surface area contributed by atoms with E-state index in [2.05, 4.69) is 49.7 Å². The van der Waals surface area contributed by atoms with Crippen molar-refractivity contribution in [3.63, 3.8) is 0 Å². The fourth-order valence-corrected chi connectivity index (χ4v) is 4.55. The first kappa shape index (κ1) is 16.1. The number of nitrogens with zero attached hydrogens (tertiary/aromatic N) is 1. The van der Waals surface area contributed by atoms with E-state index in [0.717, 1.165) is 42.0 Å². The molecule has 22 heavy (non-hydrogen) atoms. The van der Waals surface area contributed by atoms with Gasteiger partial charge in [-0.2, -0.15) is 11.8 Å². The van der Waals surface area contributed by atoms with E-state index in [9.17, 15) is 4.79 Å². The summed E-state index contributed by atoms with van der Waals surface area (Å²) in [5.41, 5.74) is 1.21. The molecule has 0 saturated carbocycles. The summed E-state index contributed by atoms with van der Waals surface area (Å²) in [4.78, 5) is 14.5. The molecule has 0 aliphatic carbocycles. The molecule has 0 spiro atoms. The molecular weight excluding hydrogens is 362 g/mol. The number of halogens is 1. The van der Waals surface area contributed by atoms with Gasteiger partial charge in [-0.15, -0.1) is 0 Å². The van der Waals surface area contributed by atoms with Gasteiger partial charge in [0.15, 0.2) is 0 Å². The Bertz CT molecular complexity index is 522. The molecule has 2 saturated heterocycles. The van der Waals surface area contributed by atoms with Crippen molar-refractivity contribution in [3.05, 3.63) is 28.7 Å². The normalized spacial score (nSPS) is 25.2. The molecule has 4 nitrogen and oxygen atoms in total. The molecule has 3 rings (SSSR count). The van der Waals surface area contributed by atoms with Crippen LogP contribution in [0.3, 0.4) is 0 Å². The van der Waals surface area contributed by atoms with Gasteiger partial charge in [0.05, 0.1) is 5.69 Å². The number of carbonyl (C=O) groups is 1. The summed E-state index contributed by atoms with van der Waals surface area (Å²) < 4.78 is 1.12. The third-order valence-corrected chi connectivity index (χ3v) is 5.98. The Hall–Kier alpha value is -0.720. The van der Waals surface area contributed by atoms with E-state index in [1.807, 2.05) is 17.8 Å². The highest BCUT2D eigenvalue weighted by Crippen LogP contribution is 2.28. The average molecular weight is 384 g/mol. The van der Waals surface area contributed by atoms with Crippen LogP contribution in [0.1, 0.15) is 12.8 Å². The van der Waals surface area contributed by atoms with Crippen LogP contribution in [0, 0.1) is 0 Å². The van der Waals surface area contributed by atoms with Gasteiger partial charge in [-0.3, -0.25) is 4.79 Å². The zero-order valence-corrected chi connectivity index (χ0v) is 15.0. The summed E-state index contributed by atoms with van der Waals surface area (Å²) in [6.07, 6.45) is 1.61.